The number of carbonyl (C=O) groups excluding carboxylic acids is 1. The summed E-state index contributed by atoms with van der Waals surface area (Å²) in [5.41, 5.74) is -0.403. The average Bonchev–Trinajstić information content (AvgIpc) is 3.21. The molecule has 1 N–H and O–H groups in total. The number of benzene rings is 1. The van der Waals surface area contributed by atoms with Gasteiger partial charge >= 0.3 is 5.69 Å². The Morgan fingerprint density at radius 1 is 1.29 bits per heavy atom. The van der Waals surface area contributed by atoms with Crippen LogP contribution in [0.3, 0.4) is 0 Å². The van der Waals surface area contributed by atoms with Gasteiger partial charge in [0, 0.05) is 32.2 Å². The van der Waals surface area contributed by atoms with Crippen molar-refractivity contribution in [1.82, 2.24) is 14.5 Å². The van der Waals surface area contributed by atoms with Crippen LogP contribution in [0.1, 0.15) is 12.8 Å². The van der Waals surface area contributed by atoms with E-state index in [1.807, 2.05) is 0 Å². The third kappa shape index (κ3) is 4.37. The zero-order valence-electron chi connectivity index (χ0n) is 15.4. The molecule has 0 bridgehead atoms. The highest BCUT2D eigenvalue weighted by Gasteiger charge is 2.34. The predicted octanol–water partition coefficient (Wildman–Crippen LogP) is 0.610. The van der Waals surface area contributed by atoms with Crippen LogP contribution in [0, 0.1) is 10.1 Å². The number of methoxy groups -OCH3 is 1. The third-order valence-electron chi connectivity index (χ3n) is 4.89. The summed E-state index contributed by atoms with van der Waals surface area (Å²) in [5, 5.41) is 14.3. The summed E-state index contributed by atoms with van der Waals surface area (Å²) < 4.78 is 31.8. The van der Waals surface area contributed by atoms with Crippen LogP contribution in [0.4, 0.5) is 5.69 Å². The molecule has 1 atom stereocenters. The minimum Gasteiger partial charge on any atom is -0.490 e. The van der Waals surface area contributed by atoms with E-state index in [1.54, 1.807) is 4.90 Å². The minimum absolute atomic E-state index is 0. The Bertz CT molecular complexity index is 836. The topological polar surface area (TPSA) is 122 Å². The molecule has 0 radical (unpaired) electrons. The molecule has 28 heavy (non-hydrogen) atoms. The van der Waals surface area contributed by atoms with Crippen LogP contribution in [0.5, 0.6) is 5.75 Å². The van der Waals surface area contributed by atoms with Crippen molar-refractivity contribution in [3.05, 3.63) is 28.3 Å². The number of piperazine rings is 1. The van der Waals surface area contributed by atoms with Crippen LogP contribution in [0.25, 0.3) is 0 Å². The zero-order chi connectivity index (χ0) is 19.6. The zero-order valence-corrected chi connectivity index (χ0v) is 17.0. The van der Waals surface area contributed by atoms with Gasteiger partial charge in [0.1, 0.15) is 0 Å². The molecule has 156 valence electrons. The van der Waals surface area contributed by atoms with E-state index < -0.39 is 20.6 Å². The van der Waals surface area contributed by atoms with E-state index in [9.17, 15) is 23.3 Å². The molecule has 10 nitrogen and oxygen atoms in total. The Hall–Kier alpha value is -1.95. The summed E-state index contributed by atoms with van der Waals surface area (Å²) in [6.45, 7) is 1.73. The minimum atomic E-state index is -3.89. The van der Waals surface area contributed by atoms with Gasteiger partial charge in [0.15, 0.2) is 5.75 Å². The predicted molar refractivity (Wildman–Crippen MR) is 103 cm³/mol. The Kier molecular flexibility index (Phi) is 7.21. The Labute approximate surface area is 169 Å². The van der Waals surface area contributed by atoms with Crippen molar-refractivity contribution in [2.75, 3.05) is 39.8 Å². The lowest BCUT2D eigenvalue weighted by Crippen LogP contribution is -2.54. The van der Waals surface area contributed by atoms with Crippen molar-refractivity contribution in [3.63, 3.8) is 0 Å². The highest BCUT2D eigenvalue weighted by atomic mass is 35.5. The maximum absolute atomic E-state index is 12.8. The molecule has 0 aromatic heterocycles. The monoisotopic (exact) mass is 434 g/mol. The number of hydrogen-bond acceptors (Lipinski definition) is 7. The number of halogens is 1. The number of nitrogens with zero attached hydrogens (tertiary/aromatic N) is 3. The highest BCUT2D eigenvalue weighted by molar-refractivity contribution is 7.89. The Morgan fingerprint density at radius 3 is 2.50 bits per heavy atom. The summed E-state index contributed by atoms with van der Waals surface area (Å²) in [7, 11) is -2.61. The summed E-state index contributed by atoms with van der Waals surface area (Å²) in [4.78, 5) is 24.4. The molecule has 0 aliphatic carbocycles. The van der Waals surface area contributed by atoms with Gasteiger partial charge in [-0.3, -0.25) is 14.9 Å². The van der Waals surface area contributed by atoms with Crippen LogP contribution >= 0.6 is 12.4 Å². The van der Waals surface area contributed by atoms with Gasteiger partial charge in [-0.1, -0.05) is 0 Å². The first-order chi connectivity index (χ1) is 12.8. The summed E-state index contributed by atoms with van der Waals surface area (Å²) in [6, 6.07) is 3.39. The standard InChI is InChI=1S/C16H22N4O6S.ClH/c1-26-15-5-4-12(11-14(15)20(22)23)27(24,25)19-9-7-18(8-10-19)16(21)13-3-2-6-17-13;/h4-5,11,13,17H,2-3,6-10H2,1H3;1H. The molecule has 1 unspecified atom stereocenters. The van der Waals surface area contributed by atoms with Gasteiger partial charge in [-0.25, -0.2) is 8.42 Å². The molecule has 1 aromatic carbocycles. The molecular formula is C16H23ClN4O6S. The van der Waals surface area contributed by atoms with Crippen molar-refractivity contribution in [1.29, 1.82) is 0 Å². The van der Waals surface area contributed by atoms with Gasteiger partial charge in [-0.2, -0.15) is 4.31 Å². The molecular weight excluding hydrogens is 412 g/mol. The van der Waals surface area contributed by atoms with Gasteiger partial charge in [0.2, 0.25) is 15.9 Å². The van der Waals surface area contributed by atoms with Gasteiger partial charge in [0.25, 0.3) is 0 Å². The van der Waals surface area contributed by atoms with E-state index in [2.05, 4.69) is 5.32 Å². The maximum atomic E-state index is 12.8. The number of carbonyl (C=O) groups is 1. The number of rotatable bonds is 5. The van der Waals surface area contributed by atoms with E-state index in [0.29, 0.717) is 13.1 Å². The number of sulfonamides is 1. The lowest BCUT2D eigenvalue weighted by Gasteiger charge is -2.35. The molecule has 12 heteroatoms. The van der Waals surface area contributed by atoms with E-state index >= 15 is 0 Å². The van der Waals surface area contributed by atoms with Crippen molar-refractivity contribution < 1.29 is 22.9 Å². The number of hydrogen-bond donors (Lipinski definition) is 1. The molecule has 2 saturated heterocycles. The lowest BCUT2D eigenvalue weighted by molar-refractivity contribution is -0.386. The van der Waals surface area contributed by atoms with Crippen molar-refractivity contribution in [2.24, 2.45) is 0 Å². The second kappa shape index (κ2) is 9.03. The van der Waals surface area contributed by atoms with Crippen molar-refractivity contribution in [2.45, 2.75) is 23.8 Å². The van der Waals surface area contributed by atoms with E-state index in [0.717, 1.165) is 25.5 Å². The van der Waals surface area contributed by atoms with E-state index in [4.69, 9.17) is 4.74 Å². The van der Waals surface area contributed by atoms with Crippen LogP contribution in [-0.4, -0.2) is 74.3 Å². The number of nitro groups is 1. The number of ether oxygens (including phenoxy) is 1. The van der Waals surface area contributed by atoms with Gasteiger partial charge in [-0.15, -0.1) is 12.4 Å². The molecule has 2 aliphatic rings. The normalized spacial score (nSPS) is 20.5. The van der Waals surface area contributed by atoms with Crippen LogP contribution in [-0.2, 0) is 14.8 Å². The fourth-order valence-electron chi connectivity index (χ4n) is 3.39. The fourth-order valence-corrected chi connectivity index (χ4v) is 4.83. The largest absolute Gasteiger partial charge is 0.490 e. The van der Waals surface area contributed by atoms with E-state index in [1.165, 1.54) is 23.5 Å². The first kappa shape index (κ1) is 22.3. The van der Waals surface area contributed by atoms with Gasteiger partial charge in [-0.05, 0) is 31.5 Å². The molecule has 1 amide bonds. The SMILES string of the molecule is COc1ccc(S(=O)(=O)N2CCN(C(=O)C3CCCN3)CC2)cc1[N+](=O)[O-].Cl. The maximum Gasteiger partial charge on any atom is 0.312 e. The summed E-state index contributed by atoms with van der Waals surface area (Å²) >= 11 is 0. The van der Waals surface area contributed by atoms with Crippen LogP contribution in [0.15, 0.2) is 23.1 Å². The number of nitrogens with one attached hydrogen (secondary N) is 1. The fraction of sp³-hybridized carbons (Fsp3) is 0.562. The first-order valence-corrected chi connectivity index (χ1v) is 10.1. The smallest absolute Gasteiger partial charge is 0.312 e. The van der Waals surface area contributed by atoms with Crippen LogP contribution in [0.2, 0.25) is 0 Å². The van der Waals surface area contributed by atoms with Crippen LogP contribution < -0.4 is 10.1 Å². The summed E-state index contributed by atoms with van der Waals surface area (Å²) in [6.07, 6.45) is 1.76. The second-order valence-electron chi connectivity index (χ2n) is 6.47. The summed E-state index contributed by atoms with van der Waals surface area (Å²) in [5.74, 6) is 0.00284. The molecule has 3 rings (SSSR count). The quantitative estimate of drug-likeness (QED) is 0.532. The van der Waals surface area contributed by atoms with E-state index in [-0.39, 0.29) is 48.1 Å². The second-order valence-corrected chi connectivity index (χ2v) is 8.41. The lowest BCUT2D eigenvalue weighted by atomic mass is 10.2. The number of nitro benzene ring substituents is 1. The molecule has 2 aliphatic heterocycles. The molecule has 0 spiro atoms. The highest BCUT2D eigenvalue weighted by Crippen LogP contribution is 2.30. The molecule has 0 saturated carbocycles. The average molecular weight is 435 g/mol. The Balaban J connectivity index is 0.00000280. The molecule has 1 aromatic rings. The molecule has 2 heterocycles. The molecule has 2 fully saturated rings. The third-order valence-corrected chi connectivity index (χ3v) is 6.79. The van der Waals surface area contributed by atoms with Gasteiger partial charge in [0.05, 0.1) is 23.0 Å². The van der Waals surface area contributed by atoms with Gasteiger partial charge < -0.3 is 15.0 Å². The number of amides is 1. The van der Waals surface area contributed by atoms with Crippen molar-refractivity contribution in [3.8, 4) is 5.75 Å². The Morgan fingerprint density at radius 2 is 1.96 bits per heavy atom. The first-order valence-electron chi connectivity index (χ1n) is 8.69. The van der Waals surface area contributed by atoms with Crippen molar-refractivity contribution >= 4 is 34.0 Å².